The highest BCUT2D eigenvalue weighted by atomic mass is 16.2. The van der Waals surface area contributed by atoms with Gasteiger partial charge in [-0.1, -0.05) is 12.1 Å². The first kappa shape index (κ1) is 17.0. The fraction of sp³-hybridized carbons (Fsp3) is 0.438. The Labute approximate surface area is 135 Å². The van der Waals surface area contributed by atoms with Crippen LogP contribution < -0.4 is 20.9 Å². The number of carbonyl (C=O) groups excluding carboxylic acids is 3. The van der Waals surface area contributed by atoms with E-state index in [-0.39, 0.29) is 24.4 Å². The molecule has 2 rings (SSSR count). The first-order valence-electron chi connectivity index (χ1n) is 7.70. The minimum absolute atomic E-state index is 0.127. The van der Waals surface area contributed by atoms with Crippen LogP contribution in [0.5, 0.6) is 0 Å². The normalized spacial score (nSPS) is 14.7. The SMILES string of the molecule is CNC(=O)c1ccc(C[NH+](C)CC(=O)NC(=O)NC2CC2)cc1. The number of quaternary nitrogens is 1. The highest BCUT2D eigenvalue weighted by Gasteiger charge is 2.24. The summed E-state index contributed by atoms with van der Waals surface area (Å²) in [5.41, 5.74) is 1.62. The molecule has 1 aromatic carbocycles. The minimum atomic E-state index is -0.416. The second kappa shape index (κ2) is 7.73. The summed E-state index contributed by atoms with van der Waals surface area (Å²) in [6.45, 7) is 0.834. The zero-order valence-corrected chi connectivity index (χ0v) is 13.4. The highest BCUT2D eigenvalue weighted by molar-refractivity contribution is 5.95. The Morgan fingerprint density at radius 1 is 1.17 bits per heavy atom. The Hall–Kier alpha value is -2.41. The van der Waals surface area contributed by atoms with Crippen molar-refractivity contribution in [3.63, 3.8) is 0 Å². The Kier molecular flexibility index (Phi) is 5.70. The minimum Gasteiger partial charge on any atom is -0.355 e. The van der Waals surface area contributed by atoms with Crippen LogP contribution >= 0.6 is 0 Å². The lowest BCUT2D eigenvalue weighted by atomic mass is 10.1. The van der Waals surface area contributed by atoms with Crippen molar-refractivity contribution in [2.75, 3.05) is 20.6 Å². The van der Waals surface area contributed by atoms with E-state index in [2.05, 4.69) is 16.0 Å². The molecule has 0 radical (unpaired) electrons. The van der Waals surface area contributed by atoms with E-state index in [0.717, 1.165) is 23.3 Å². The van der Waals surface area contributed by atoms with Gasteiger partial charge in [-0.3, -0.25) is 14.9 Å². The number of amides is 4. The van der Waals surface area contributed by atoms with E-state index in [1.165, 1.54) is 0 Å². The smallest absolute Gasteiger partial charge is 0.321 e. The van der Waals surface area contributed by atoms with Gasteiger partial charge in [-0.15, -0.1) is 0 Å². The average Bonchev–Trinajstić information content (AvgIpc) is 3.30. The van der Waals surface area contributed by atoms with E-state index in [0.29, 0.717) is 12.1 Å². The standard InChI is InChI=1S/C16H22N4O3/c1-17-15(22)12-5-3-11(4-6-12)9-20(2)10-14(21)19-16(23)18-13-7-8-13/h3-6,13H,7-10H2,1-2H3,(H,17,22)(H2,18,19,21,23)/p+1. The van der Waals surface area contributed by atoms with Crippen LogP contribution in [0.1, 0.15) is 28.8 Å². The van der Waals surface area contributed by atoms with Crippen LogP contribution in [0.15, 0.2) is 24.3 Å². The summed E-state index contributed by atoms with van der Waals surface area (Å²) >= 11 is 0. The van der Waals surface area contributed by atoms with Gasteiger partial charge in [-0.25, -0.2) is 4.79 Å². The quantitative estimate of drug-likeness (QED) is 0.545. The molecule has 4 N–H and O–H groups in total. The second-order valence-corrected chi connectivity index (χ2v) is 5.88. The number of nitrogens with one attached hydrogen (secondary N) is 4. The van der Waals surface area contributed by atoms with Crippen molar-refractivity contribution in [1.29, 1.82) is 0 Å². The van der Waals surface area contributed by atoms with Crippen LogP contribution in [0.4, 0.5) is 4.79 Å². The third-order valence-electron chi connectivity index (χ3n) is 3.58. The number of carbonyl (C=O) groups is 3. The van der Waals surface area contributed by atoms with Gasteiger partial charge in [-0.05, 0) is 25.0 Å². The molecule has 124 valence electrons. The maximum atomic E-state index is 11.8. The van der Waals surface area contributed by atoms with Gasteiger partial charge in [0.25, 0.3) is 11.8 Å². The lowest BCUT2D eigenvalue weighted by molar-refractivity contribution is -0.885. The molecule has 0 aromatic heterocycles. The van der Waals surface area contributed by atoms with Gasteiger partial charge < -0.3 is 15.5 Å². The largest absolute Gasteiger partial charge is 0.355 e. The molecule has 0 heterocycles. The molecule has 0 bridgehead atoms. The molecule has 23 heavy (non-hydrogen) atoms. The van der Waals surface area contributed by atoms with Crippen molar-refractivity contribution in [1.82, 2.24) is 16.0 Å². The summed E-state index contributed by atoms with van der Waals surface area (Å²) in [4.78, 5) is 35.7. The van der Waals surface area contributed by atoms with Crippen LogP contribution in [0, 0.1) is 0 Å². The third kappa shape index (κ3) is 5.71. The molecule has 1 aliphatic carbocycles. The fourth-order valence-electron chi connectivity index (χ4n) is 2.22. The molecule has 0 spiro atoms. The number of urea groups is 1. The molecule has 1 atom stereocenters. The van der Waals surface area contributed by atoms with Crippen molar-refractivity contribution >= 4 is 17.8 Å². The third-order valence-corrected chi connectivity index (χ3v) is 3.58. The lowest BCUT2D eigenvalue weighted by Gasteiger charge is -2.14. The van der Waals surface area contributed by atoms with Gasteiger partial charge in [0.15, 0.2) is 6.54 Å². The number of hydrogen-bond acceptors (Lipinski definition) is 3. The molecular formula is C16H23N4O3+. The van der Waals surface area contributed by atoms with Gasteiger partial charge in [0, 0.05) is 24.2 Å². The fourth-order valence-corrected chi connectivity index (χ4v) is 2.22. The molecule has 1 aromatic rings. The van der Waals surface area contributed by atoms with E-state index in [1.807, 2.05) is 19.2 Å². The summed E-state index contributed by atoms with van der Waals surface area (Å²) in [6.07, 6.45) is 1.97. The number of likely N-dealkylation sites (N-methyl/N-ethyl adjacent to an activating group) is 1. The van der Waals surface area contributed by atoms with Gasteiger partial charge in [-0.2, -0.15) is 0 Å². The Morgan fingerprint density at radius 3 is 2.39 bits per heavy atom. The van der Waals surface area contributed by atoms with Crippen molar-refractivity contribution in [3.05, 3.63) is 35.4 Å². The highest BCUT2D eigenvalue weighted by Crippen LogP contribution is 2.18. The molecule has 0 saturated heterocycles. The molecule has 0 aliphatic heterocycles. The van der Waals surface area contributed by atoms with Crippen LogP contribution in [-0.2, 0) is 11.3 Å². The van der Waals surface area contributed by atoms with E-state index in [4.69, 9.17) is 0 Å². The number of benzene rings is 1. The molecule has 4 amide bonds. The predicted octanol–water partition coefficient (Wildman–Crippen LogP) is -0.951. The van der Waals surface area contributed by atoms with E-state index in [9.17, 15) is 14.4 Å². The number of hydrogen-bond donors (Lipinski definition) is 4. The number of rotatable bonds is 6. The van der Waals surface area contributed by atoms with Crippen LogP contribution in [0.3, 0.4) is 0 Å². The van der Waals surface area contributed by atoms with Gasteiger partial charge in [0.1, 0.15) is 6.54 Å². The molecular weight excluding hydrogens is 296 g/mol. The maximum absolute atomic E-state index is 11.8. The van der Waals surface area contributed by atoms with Gasteiger partial charge in [0.2, 0.25) is 0 Å². The maximum Gasteiger partial charge on any atom is 0.321 e. The van der Waals surface area contributed by atoms with E-state index < -0.39 is 6.03 Å². The molecule has 1 fully saturated rings. The summed E-state index contributed by atoms with van der Waals surface area (Å²) in [5, 5.41) is 7.62. The van der Waals surface area contributed by atoms with Gasteiger partial charge in [0.05, 0.1) is 7.05 Å². The monoisotopic (exact) mass is 319 g/mol. The molecule has 1 unspecified atom stereocenters. The predicted molar refractivity (Wildman–Crippen MR) is 85.0 cm³/mol. The van der Waals surface area contributed by atoms with Crippen LogP contribution in [0.2, 0.25) is 0 Å². The first-order chi connectivity index (χ1) is 11.0. The molecule has 7 heteroatoms. The van der Waals surface area contributed by atoms with Crippen LogP contribution in [-0.4, -0.2) is 44.5 Å². The number of imide groups is 1. The Morgan fingerprint density at radius 2 is 1.83 bits per heavy atom. The van der Waals surface area contributed by atoms with E-state index in [1.54, 1.807) is 19.2 Å². The van der Waals surface area contributed by atoms with Gasteiger partial charge >= 0.3 is 6.03 Å². The summed E-state index contributed by atoms with van der Waals surface area (Å²) in [5.74, 6) is -0.430. The van der Waals surface area contributed by atoms with Crippen molar-refractivity contribution in [2.24, 2.45) is 0 Å². The summed E-state index contributed by atoms with van der Waals surface area (Å²) < 4.78 is 0. The van der Waals surface area contributed by atoms with Crippen LogP contribution in [0.25, 0.3) is 0 Å². The van der Waals surface area contributed by atoms with E-state index >= 15 is 0 Å². The van der Waals surface area contributed by atoms with Crippen molar-refractivity contribution in [2.45, 2.75) is 25.4 Å². The summed E-state index contributed by atoms with van der Waals surface area (Å²) in [7, 11) is 3.47. The Balaban J connectivity index is 1.76. The molecule has 1 aliphatic rings. The van der Waals surface area contributed by atoms with Crippen molar-refractivity contribution < 1.29 is 19.3 Å². The zero-order chi connectivity index (χ0) is 16.8. The molecule has 1 saturated carbocycles. The zero-order valence-electron chi connectivity index (χ0n) is 13.4. The average molecular weight is 319 g/mol. The lowest BCUT2D eigenvalue weighted by Crippen LogP contribution is -3.09. The summed E-state index contributed by atoms with van der Waals surface area (Å²) in [6, 6.07) is 7.05. The van der Waals surface area contributed by atoms with Crippen molar-refractivity contribution in [3.8, 4) is 0 Å². The molecule has 7 nitrogen and oxygen atoms in total. The Bertz CT molecular complexity index is 581. The first-order valence-corrected chi connectivity index (χ1v) is 7.70. The topological polar surface area (TPSA) is 91.7 Å². The second-order valence-electron chi connectivity index (χ2n) is 5.88.